The summed E-state index contributed by atoms with van der Waals surface area (Å²) in [6.45, 7) is 5.54. The molecule has 2 atom stereocenters. The van der Waals surface area contributed by atoms with Crippen LogP contribution in [0.4, 0.5) is 4.79 Å². The Balaban J connectivity index is 2.44. The van der Waals surface area contributed by atoms with Crippen LogP contribution in [0.5, 0.6) is 0 Å². The standard InChI is InChI=1S/C14H20N2O3/c1-9-4-6-12(7-5-9)11(3)16-14(19)15-8-10(2)13(17)18/h4-7,10-11H,8H2,1-3H3,(H,17,18)(H2,15,16,19). The van der Waals surface area contributed by atoms with E-state index in [9.17, 15) is 9.59 Å². The highest BCUT2D eigenvalue weighted by atomic mass is 16.4. The number of urea groups is 1. The van der Waals surface area contributed by atoms with E-state index in [1.165, 1.54) is 0 Å². The van der Waals surface area contributed by atoms with Gasteiger partial charge in [-0.1, -0.05) is 36.8 Å². The summed E-state index contributed by atoms with van der Waals surface area (Å²) in [6, 6.07) is 7.40. The molecule has 0 fully saturated rings. The average molecular weight is 264 g/mol. The summed E-state index contributed by atoms with van der Waals surface area (Å²) in [7, 11) is 0. The maximum absolute atomic E-state index is 11.6. The first-order chi connectivity index (χ1) is 8.90. The fourth-order valence-electron chi connectivity index (χ4n) is 1.52. The van der Waals surface area contributed by atoms with Crippen molar-refractivity contribution in [2.24, 2.45) is 5.92 Å². The Labute approximate surface area is 113 Å². The Morgan fingerprint density at radius 3 is 2.32 bits per heavy atom. The molecule has 0 aliphatic carbocycles. The number of benzene rings is 1. The molecular formula is C14H20N2O3. The molecule has 0 bridgehead atoms. The molecule has 0 saturated heterocycles. The number of carboxylic acid groups (broad SMARTS) is 1. The molecular weight excluding hydrogens is 244 g/mol. The van der Waals surface area contributed by atoms with Crippen molar-refractivity contribution in [3.8, 4) is 0 Å². The monoisotopic (exact) mass is 264 g/mol. The number of nitrogens with one attached hydrogen (secondary N) is 2. The minimum atomic E-state index is -0.924. The second-order valence-corrected chi connectivity index (χ2v) is 4.73. The van der Waals surface area contributed by atoms with Gasteiger partial charge in [-0.25, -0.2) is 4.79 Å². The summed E-state index contributed by atoms with van der Waals surface area (Å²) in [5, 5.41) is 14.0. The van der Waals surface area contributed by atoms with Crippen LogP contribution in [0.2, 0.25) is 0 Å². The van der Waals surface area contributed by atoms with E-state index in [2.05, 4.69) is 10.6 Å². The molecule has 0 saturated carbocycles. The first-order valence-corrected chi connectivity index (χ1v) is 6.24. The lowest BCUT2D eigenvalue weighted by molar-refractivity contribution is -0.140. The molecule has 104 valence electrons. The van der Waals surface area contributed by atoms with Crippen molar-refractivity contribution in [3.63, 3.8) is 0 Å². The fraction of sp³-hybridized carbons (Fsp3) is 0.429. The number of hydrogen-bond donors (Lipinski definition) is 3. The van der Waals surface area contributed by atoms with Gasteiger partial charge in [0.25, 0.3) is 0 Å². The largest absolute Gasteiger partial charge is 0.481 e. The van der Waals surface area contributed by atoms with Gasteiger partial charge in [0.15, 0.2) is 0 Å². The van der Waals surface area contributed by atoms with E-state index in [0.29, 0.717) is 0 Å². The molecule has 0 aromatic heterocycles. The van der Waals surface area contributed by atoms with Crippen LogP contribution in [0.3, 0.4) is 0 Å². The van der Waals surface area contributed by atoms with Gasteiger partial charge in [0, 0.05) is 6.54 Å². The van der Waals surface area contributed by atoms with Gasteiger partial charge in [0.05, 0.1) is 12.0 Å². The number of carbonyl (C=O) groups excluding carboxylic acids is 1. The van der Waals surface area contributed by atoms with Crippen molar-refractivity contribution in [1.82, 2.24) is 10.6 Å². The molecule has 0 radical (unpaired) electrons. The third-order valence-electron chi connectivity index (χ3n) is 2.92. The van der Waals surface area contributed by atoms with Crippen LogP contribution in [-0.2, 0) is 4.79 Å². The topological polar surface area (TPSA) is 78.4 Å². The first kappa shape index (κ1) is 15.0. The van der Waals surface area contributed by atoms with Crippen molar-refractivity contribution in [1.29, 1.82) is 0 Å². The van der Waals surface area contributed by atoms with Gasteiger partial charge in [-0.2, -0.15) is 0 Å². The lowest BCUT2D eigenvalue weighted by atomic mass is 10.1. The zero-order valence-electron chi connectivity index (χ0n) is 11.4. The first-order valence-electron chi connectivity index (χ1n) is 6.24. The van der Waals surface area contributed by atoms with E-state index in [1.807, 2.05) is 38.1 Å². The molecule has 0 aliphatic heterocycles. The second-order valence-electron chi connectivity index (χ2n) is 4.73. The van der Waals surface area contributed by atoms with Gasteiger partial charge in [-0.3, -0.25) is 4.79 Å². The second kappa shape index (κ2) is 6.78. The summed E-state index contributed by atoms with van der Waals surface area (Å²) in [6.07, 6.45) is 0. The van der Waals surface area contributed by atoms with Crippen molar-refractivity contribution < 1.29 is 14.7 Å². The minimum absolute atomic E-state index is 0.113. The van der Waals surface area contributed by atoms with Crippen LogP contribution in [0.25, 0.3) is 0 Å². The normalized spacial score (nSPS) is 13.4. The lowest BCUT2D eigenvalue weighted by Gasteiger charge is -2.16. The average Bonchev–Trinajstić information content (AvgIpc) is 2.36. The predicted molar refractivity (Wildman–Crippen MR) is 72.9 cm³/mol. The predicted octanol–water partition coefficient (Wildman–Crippen LogP) is 2.08. The van der Waals surface area contributed by atoms with Gasteiger partial charge in [-0.05, 0) is 19.4 Å². The zero-order chi connectivity index (χ0) is 14.4. The van der Waals surface area contributed by atoms with Crippen LogP contribution in [0, 0.1) is 12.8 Å². The zero-order valence-corrected chi connectivity index (χ0v) is 11.4. The van der Waals surface area contributed by atoms with Crippen LogP contribution < -0.4 is 10.6 Å². The molecule has 0 spiro atoms. The summed E-state index contributed by atoms with van der Waals surface area (Å²) in [5.41, 5.74) is 2.17. The van der Waals surface area contributed by atoms with Gasteiger partial charge < -0.3 is 15.7 Å². The maximum atomic E-state index is 11.6. The number of rotatable bonds is 5. The molecule has 2 amide bonds. The van der Waals surface area contributed by atoms with Gasteiger partial charge in [0.1, 0.15) is 0 Å². The molecule has 3 N–H and O–H groups in total. The number of aliphatic carboxylic acids is 1. The van der Waals surface area contributed by atoms with Crippen LogP contribution >= 0.6 is 0 Å². The highest BCUT2D eigenvalue weighted by Crippen LogP contribution is 2.12. The van der Waals surface area contributed by atoms with Crippen molar-refractivity contribution in [3.05, 3.63) is 35.4 Å². The molecule has 0 aliphatic rings. The smallest absolute Gasteiger partial charge is 0.315 e. The molecule has 0 heterocycles. The van der Waals surface area contributed by atoms with Crippen molar-refractivity contribution in [2.75, 3.05) is 6.54 Å². The molecule has 19 heavy (non-hydrogen) atoms. The SMILES string of the molecule is Cc1ccc(C(C)NC(=O)NCC(C)C(=O)O)cc1. The molecule has 1 aromatic carbocycles. The van der Waals surface area contributed by atoms with E-state index < -0.39 is 11.9 Å². The van der Waals surface area contributed by atoms with Crippen molar-refractivity contribution in [2.45, 2.75) is 26.8 Å². The van der Waals surface area contributed by atoms with Crippen LogP contribution in [0.15, 0.2) is 24.3 Å². The van der Waals surface area contributed by atoms with Crippen molar-refractivity contribution >= 4 is 12.0 Å². The third kappa shape index (κ3) is 4.99. The Kier molecular flexibility index (Phi) is 5.36. The van der Waals surface area contributed by atoms with E-state index >= 15 is 0 Å². The Hall–Kier alpha value is -2.04. The molecule has 5 nitrogen and oxygen atoms in total. The fourth-order valence-corrected chi connectivity index (χ4v) is 1.52. The summed E-state index contributed by atoms with van der Waals surface area (Å²) in [5.74, 6) is -1.52. The lowest BCUT2D eigenvalue weighted by Crippen LogP contribution is -2.40. The van der Waals surface area contributed by atoms with Gasteiger partial charge >= 0.3 is 12.0 Å². The van der Waals surface area contributed by atoms with Gasteiger partial charge in [0.2, 0.25) is 0 Å². The van der Waals surface area contributed by atoms with E-state index in [4.69, 9.17) is 5.11 Å². The molecule has 2 unspecified atom stereocenters. The number of carboxylic acids is 1. The Morgan fingerprint density at radius 2 is 1.79 bits per heavy atom. The quantitative estimate of drug-likeness (QED) is 0.761. The minimum Gasteiger partial charge on any atom is -0.481 e. The number of carbonyl (C=O) groups is 2. The molecule has 1 aromatic rings. The molecule has 1 rings (SSSR count). The van der Waals surface area contributed by atoms with Gasteiger partial charge in [-0.15, -0.1) is 0 Å². The van der Waals surface area contributed by atoms with E-state index in [0.717, 1.165) is 11.1 Å². The Bertz CT molecular complexity index is 443. The summed E-state index contributed by atoms with van der Waals surface area (Å²) >= 11 is 0. The summed E-state index contributed by atoms with van der Waals surface area (Å²) in [4.78, 5) is 22.2. The maximum Gasteiger partial charge on any atom is 0.315 e. The van der Waals surface area contributed by atoms with E-state index in [-0.39, 0.29) is 18.6 Å². The number of hydrogen-bond acceptors (Lipinski definition) is 2. The highest BCUT2D eigenvalue weighted by Gasteiger charge is 2.13. The Morgan fingerprint density at radius 1 is 1.21 bits per heavy atom. The summed E-state index contributed by atoms with van der Waals surface area (Å²) < 4.78 is 0. The number of amides is 2. The third-order valence-corrected chi connectivity index (χ3v) is 2.92. The number of aryl methyl sites for hydroxylation is 1. The van der Waals surface area contributed by atoms with Crippen LogP contribution in [0.1, 0.15) is 31.0 Å². The van der Waals surface area contributed by atoms with E-state index in [1.54, 1.807) is 6.92 Å². The van der Waals surface area contributed by atoms with Crippen LogP contribution in [-0.4, -0.2) is 23.7 Å². The molecule has 5 heteroatoms. The highest BCUT2D eigenvalue weighted by molar-refractivity contribution is 5.76.